The molecule has 3 heteroatoms. The molecule has 0 aliphatic rings. The molecule has 1 aromatic carbocycles. The lowest BCUT2D eigenvalue weighted by Gasteiger charge is -1.86. The number of nitrogens with one attached hydrogen (secondary N) is 1. The topological polar surface area (TPSA) is 28.7 Å². The van der Waals surface area contributed by atoms with E-state index in [0.29, 0.717) is 0 Å². The maximum atomic E-state index is 4.03. The summed E-state index contributed by atoms with van der Waals surface area (Å²) in [6.07, 6.45) is 1.66. The van der Waals surface area contributed by atoms with E-state index in [0.717, 1.165) is 15.5 Å². The zero-order chi connectivity index (χ0) is 6.97. The number of imidazole rings is 1. The highest BCUT2D eigenvalue weighted by atomic mass is 79.9. The fraction of sp³-hybridized carbons (Fsp3) is 0. The largest absolute Gasteiger partial charge is 0.345 e. The van der Waals surface area contributed by atoms with Crippen LogP contribution in [0.1, 0.15) is 0 Å². The first-order valence-electron chi connectivity index (χ1n) is 2.86. The Balaban J connectivity index is 2.86. The number of H-pyrrole nitrogens is 1. The van der Waals surface area contributed by atoms with Gasteiger partial charge in [-0.25, -0.2) is 4.98 Å². The van der Waals surface area contributed by atoms with Crippen LogP contribution in [-0.2, 0) is 0 Å². The first-order chi connectivity index (χ1) is 4.86. The van der Waals surface area contributed by atoms with Crippen LogP contribution in [0.2, 0.25) is 0 Å². The summed E-state index contributed by atoms with van der Waals surface area (Å²) in [5.41, 5.74) is 1.89. The quantitative estimate of drug-likeness (QED) is 0.686. The van der Waals surface area contributed by atoms with Gasteiger partial charge in [0.05, 0.1) is 17.4 Å². The number of nitrogens with zero attached hydrogens (tertiary/aromatic N) is 1. The number of benzene rings is 1. The third-order valence-electron chi connectivity index (χ3n) is 1.30. The van der Waals surface area contributed by atoms with Gasteiger partial charge in [-0.3, -0.25) is 0 Å². The van der Waals surface area contributed by atoms with Crippen molar-refractivity contribution in [1.82, 2.24) is 9.97 Å². The zero-order valence-corrected chi connectivity index (χ0v) is 6.64. The Morgan fingerprint density at radius 2 is 2.50 bits per heavy atom. The highest BCUT2D eigenvalue weighted by molar-refractivity contribution is 9.10. The van der Waals surface area contributed by atoms with E-state index in [1.165, 1.54) is 0 Å². The highest BCUT2D eigenvalue weighted by Crippen LogP contribution is 2.14. The second-order valence-corrected chi connectivity index (χ2v) is 2.90. The van der Waals surface area contributed by atoms with Crippen LogP contribution >= 0.6 is 15.9 Å². The van der Waals surface area contributed by atoms with Crippen molar-refractivity contribution in [3.63, 3.8) is 0 Å². The van der Waals surface area contributed by atoms with Crippen LogP contribution in [0.3, 0.4) is 0 Å². The normalized spacial score (nSPS) is 10.5. The fourth-order valence-corrected chi connectivity index (χ4v) is 1.19. The van der Waals surface area contributed by atoms with E-state index in [1.54, 1.807) is 6.33 Å². The molecule has 0 bridgehead atoms. The molecule has 0 aliphatic carbocycles. The third-order valence-corrected chi connectivity index (χ3v) is 1.76. The summed E-state index contributed by atoms with van der Waals surface area (Å²) in [5.74, 6) is 0. The third kappa shape index (κ3) is 0.827. The minimum atomic E-state index is 0.878. The Hall–Kier alpha value is -0.830. The van der Waals surface area contributed by atoms with E-state index >= 15 is 0 Å². The summed E-state index contributed by atoms with van der Waals surface area (Å²) >= 11 is 3.34. The first-order valence-corrected chi connectivity index (χ1v) is 3.66. The summed E-state index contributed by atoms with van der Waals surface area (Å²) in [5, 5.41) is 0. The smallest absolute Gasteiger partial charge is 0.0962 e. The summed E-state index contributed by atoms with van der Waals surface area (Å²) in [6.45, 7) is 0. The number of aromatic nitrogens is 2. The van der Waals surface area contributed by atoms with E-state index in [1.807, 2.05) is 12.1 Å². The number of rotatable bonds is 0. The Kier molecular flexibility index (Phi) is 1.24. The van der Waals surface area contributed by atoms with Crippen LogP contribution in [0.4, 0.5) is 0 Å². The van der Waals surface area contributed by atoms with Crippen molar-refractivity contribution in [3.8, 4) is 0 Å². The van der Waals surface area contributed by atoms with Crippen molar-refractivity contribution < 1.29 is 0 Å². The SMILES string of the molecule is Brc1c[c]c2nc[nH]c2c1. The van der Waals surface area contributed by atoms with Gasteiger partial charge < -0.3 is 4.98 Å². The van der Waals surface area contributed by atoms with Gasteiger partial charge in [0.25, 0.3) is 0 Å². The average Bonchev–Trinajstić information content (AvgIpc) is 2.33. The zero-order valence-electron chi connectivity index (χ0n) is 5.06. The van der Waals surface area contributed by atoms with E-state index in [2.05, 4.69) is 32.0 Å². The standard InChI is InChI=1S/C7H4BrN2/c8-5-1-2-6-7(3-5)10-4-9-6/h1,3-4H,(H,9,10). The molecule has 2 rings (SSSR count). The minimum Gasteiger partial charge on any atom is -0.345 e. The molecule has 1 radical (unpaired) electrons. The first kappa shape index (κ1) is 5.92. The molecule has 0 saturated heterocycles. The molecule has 0 fully saturated rings. The molecular weight excluding hydrogens is 192 g/mol. The number of hydrogen-bond acceptors (Lipinski definition) is 1. The van der Waals surface area contributed by atoms with Crippen molar-refractivity contribution in [2.24, 2.45) is 0 Å². The van der Waals surface area contributed by atoms with Crippen LogP contribution in [0.15, 0.2) is 22.9 Å². The van der Waals surface area contributed by atoms with Crippen molar-refractivity contribution in [3.05, 3.63) is 29.0 Å². The minimum absolute atomic E-state index is 0.878. The molecule has 2 aromatic rings. The van der Waals surface area contributed by atoms with Crippen molar-refractivity contribution in [2.75, 3.05) is 0 Å². The van der Waals surface area contributed by atoms with Crippen LogP contribution in [0.5, 0.6) is 0 Å². The lowest BCUT2D eigenvalue weighted by Crippen LogP contribution is -1.68. The number of hydrogen-bond donors (Lipinski definition) is 1. The summed E-state index contributed by atoms with van der Waals surface area (Å²) in [6, 6.07) is 6.83. The molecule has 49 valence electrons. The van der Waals surface area contributed by atoms with Gasteiger partial charge in [-0.15, -0.1) is 0 Å². The van der Waals surface area contributed by atoms with Gasteiger partial charge in [-0.1, -0.05) is 15.9 Å². The predicted molar refractivity (Wildman–Crippen MR) is 42.6 cm³/mol. The second-order valence-electron chi connectivity index (χ2n) is 1.98. The molecule has 0 aliphatic heterocycles. The van der Waals surface area contributed by atoms with Crippen LogP contribution in [0, 0.1) is 6.07 Å². The summed E-state index contributed by atoms with van der Waals surface area (Å²) in [4.78, 5) is 7.02. The molecule has 1 aromatic heterocycles. The van der Waals surface area contributed by atoms with E-state index in [9.17, 15) is 0 Å². The Morgan fingerprint density at radius 3 is 3.40 bits per heavy atom. The van der Waals surface area contributed by atoms with Gasteiger partial charge in [0, 0.05) is 10.5 Å². The molecule has 2 nitrogen and oxygen atoms in total. The summed E-state index contributed by atoms with van der Waals surface area (Å²) in [7, 11) is 0. The second kappa shape index (κ2) is 2.09. The molecule has 10 heavy (non-hydrogen) atoms. The Labute approximate surface area is 66.4 Å². The summed E-state index contributed by atoms with van der Waals surface area (Å²) < 4.78 is 1.02. The molecule has 0 saturated carbocycles. The van der Waals surface area contributed by atoms with Gasteiger partial charge in [-0.05, 0) is 12.1 Å². The maximum Gasteiger partial charge on any atom is 0.0962 e. The fourth-order valence-electron chi connectivity index (χ4n) is 0.846. The molecule has 0 atom stereocenters. The predicted octanol–water partition coefficient (Wildman–Crippen LogP) is 2.13. The van der Waals surface area contributed by atoms with Crippen molar-refractivity contribution in [2.45, 2.75) is 0 Å². The Morgan fingerprint density at radius 1 is 1.60 bits per heavy atom. The molecule has 0 spiro atoms. The lowest BCUT2D eigenvalue weighted by atomic mass is 10.3. The number of aromatic amines is 1. The molecule has 1 N–H and O–H groups in total. The molecule has 0 unspecified atom stereocenters. The van der Waals surface area contributed by atoms with Crippen molar-refractivity contribution >= 4 is 27.0 Å². The van der Waals surface area contributed by atoms with Gasteiger partial charge in [0.1, 0.15) is 0 Å². The van der Waals surface area contributed by atoms with Crippen LogP contribution in [0.25, 0.3) is 11.0 Å². The lowest BCUT2D eigenvalue weighted by molar-refractivity contribution is 1.34. The highest BCUT2D eigenvalue weighted by Gasteiger charge is 1.94. The molecular formula is C7H4BrN2. The van der Waals surface area contributed by atoms with Crippen molar-refractivity contribution in [1.29, 1.82) is 0 Å². The number of halogens is 1. The van der Waals surface area contributed by atoms with Crippen LogP contribution < -0.4 is 0 Å². The van der Waals surface area contributed by atoms with Gasteiger partial charge in [0.2, 0.25) is 0 Å². The number of fused-ring (bicyclic) bond motifs is 1. The van der Waals surface area contributed by atoms with Gasteiger partial charge >= 0.3 is 0 Å². The van der Waals surface area contributed by atoms with Gasteiger partial charge in [-0.2, -0.15) is 0 Å². The van der Waals surface area contributed by atoms with E-state index < -0.39 is 0 Å². The maximum absolute atomic E-state index is 4.03. The van der Waals surface area contributed by atoms with E-state index in [4.69, 9.17) is 0 Å². The Bertz CT molecular complexity index is 353. The molecule has 0 amide bonds. The van der Waals surface area contributed by atoms with Gasteiger partial charge in [0.15, 0.2) is 0 Å². The monoisotopic (exact) mass is 195 g/mol. The molecule has 1 heterocycles. The average molecular weight is 196 g/mol. The van der Waals surface area contributed by atoms with E-state index in [-0.39, 0.29) is 0 Å². The van der Waals surface area contributed by atoms with Crippen LogP contribution in [-0.4, -0.2) is 9.97 Å².